The molecule has 0 spiro atoms. The van der Waals surface area contributed by atoms with Gasteiger partial charge in [-0.05, 0) is 36.4 Å². The second kappa shape index (κ2) is 7.68. The molecule has 2 aromatic carbocycles. The SMILES string of the molecule is O=C(CC(=O)Nc1cccc(C(F)(F)F)c1)Nc1cccc(C(=O)O)c1. The van der Waals surface area contributed by atoms with Gasteiger partial charge in [-0.25, -0.2) is 4.79 Å². The van der Waals surface area contributed by atoms with Crippen molar-refractivity contribution in [1.29, 1.82) is 0 Å². The number of hydrogen-bond acceptors (Lipinski definition) is 3. The average Bonchev–Trinajstić information content (AvgIpc) is 2.54. The highest BCUT2D eigenvalue weighted by Crippen LogP contribution is 2.30. The van der Waals surface area contributed by atoms with E-state index in [9.17, 15) is 27.6 Å². The third-order valence-electron chi connectivity index (χ3n) is 3.19. The summed E-state index contributed by atoms with van der Waals surface area (Å²) in [6.07, 6.45) is -5.19. The molecular weight excluding hydrogens is 353 g/mol. The summed E-state index contributed by atoms with van der Waals surface area (Å²) in [6.45, 7) is 0. The Balaban J connectivity index is 1.96. The van der Waals surface area contributed by atoms with Gasteiger partial charge in [-0.2, -0.15) is 13.2 Å². The van der Waals surface area contributed by atoms with Gasteiger partial charge in [-0.1, -0.05) is 12.1 Å². The van der Waals surface area contributed by atoms with E-state index in [1.165, 1.54) is 30.3 Å². The zero-order valence-corrected chi connectivity index (χ0v) is 13.1. The molecule has 2 amide bonds. The number of carbonyl (C=O) groups is 3. The van der Waals surface area contributed by atoms with Crippen LogP contribution < -0.4 is 10.6 Å². The summed E-state index contributed by atoms with van der Waals surface area (Å²) >= 11 is 0. The van der Waals surface area contributed by atoms with Crippen LogP contribution in [-0.2, 0) is 15.8 Å². The Morgan fingerprint density at radius 1 is 0.885 bits per heavy atom. The summed E-state index contributed by atoms with van der Waals surface area (Å²) in [4.78, 5) is 34.5. The molecule has 0 aliphatic heterocycles. The standard InChI is InChI=1S/C17H13F3N2O4/c18-17(19,20)11-4-2-6-13(8-11)22-15(24)9-14(23)21-12-5-1-3-10(7-12)16(25)26/h1-8H,9H2,(H,21,23)(H,22,24)(H,25,26). The quantitative estimate of drug-likeness (QED) is 0.707. The number of nitrogens with one attached hydrogen (secondary N) is 2. The molecule has 0 aliphatic rings. The number of anilines is 2. The maximum absolute atomic E-state index is 12.6. The van der Waals surface area contributed by atoms with Crippen molar-refractivity contribution >= 4 is 29.2 Å². The smallest absolute Gasteiger partial charge is 0.416 e. The molecule has 0 aliphatic carbocycles. The number of amides is 2. The van der Waals surface area contributed by atoms with Gasteiger partial charge < -0.3 is 15.7 Å². The fourth-order valence-corrected chi connectivity index (χ4v) is 2.06. The lowest BCUT2D eigenvalue weighted by molar-refractivity contribution is -0.137. The molecule has 9 heteroatoms. The highest BCUT2D eigenvalue weighted by atomic mass is 19.4. The largest absolute Gasteiger partial charge is 0.478 e. The van der Waals surface area contributed by atoms with Crippen LogP contribution in [0, 0.1) is 0 Å². The molecule has 0 saturated carbocycles. The number of benzene rings is 2. The topological polar surface area (TPSA) is 95.5 Å². The first-order valence-corrected chi connectivity index (χ1v) is 7.25. The molecule has 0 heterocycles. The Kier molecular flexibility index (Phi) is 5.61. The van der Waals surface area contributed by atoms with Gasteiger partial charge in [0.2, 0.25) is 11.8 Å². The van der Waals surface area contributed by atoms with Crippen molar-refractivity contribution < 1.29 is 32.7 Å². The third-order valence-corrected chi connectivity index (χ3v) is 3.19. The van der Waals surface area contributed by atoms with Crippen LogP contribution >= 0.6 is 0 Å². The lowest BCUT2D eigenvalue weighted by Gasteiger charge is -2.10. The van der Waals surface area contributed by atoms with Gasteiger partial charge in [0.15, 0.2) is 0 Å². The first kappa shape index (κ1) is 19.0. The lowest BCUT2D eigenvalue weighted by atomic mass is 10.2. The number of hydrogen-bond donors (Lipinski definition) is 3. The summed E-state index contributed by atoms with van der Waals surface area (Å²) in [7, 11) is 0. The Hall–Kier alpha value is -3.36. The molecule has 26 heavy (non-hydrogen) atoms. The second-order valence-electron chi connectivity index (χ2n) is 5.24. The predicted octanol–water partition coefficient (Wildman–Crippen LogP) is 3.37. The van der Waals surface area contributed by atoms with E-state index in [1.54, 1.807) is 0 Å². The summed E-state index contributed by atoms with van der Waals surface area (Å²) in [6, 6.07) is 9.42. The minimum absolute atomic E-state index is 0.0452. The fraction of sp³-hybridized carbons (Fsp3) is 0.118. The monoisotopic (exact) mass is 366 g/mol. The number of carboxylic acid groups (broad SMARTS) is 1. The van der Waals surface area contributed by atoms with Crippen molar-refractivity contribution in [1.82, 2.24) is 0 Å². The molecule has 0 bridgehead atoms. The highest BCUT2D eigenvalue weighted by molar-refractivity contribution is 6.08. The summed E-state index contributed by atoms with van der Waals surface area (Å²) in [5, 5.41) is 13.4. The first-order valence-electron chi connectivity index (χ1n) is 7.25. The number of rotatable bonds is 5. The van der Waals surface area contributed by atoms with E-state index < -0.39 is 35.9 Å². The van der Waals surface area contributed by atoms with Gasteiger partial charge in [0.05, 0.1) is 11.1 Å². The van der Waals surface area contributed by atoms with E-state index in [2.05, 4.69) is 10.6 Å². The van der Waals surface area contributed by atoms with Crippen LogP contribution in [0.5, 0.6) is 0 Å². The Labute approximate surface area is 145 Å². The number of halogens is 3. The maximum Gasteiger partial charge on any atom is 0.416 e. The molecular formula is C17H13F3N2O4. The van der Waals surface area contributed by atoms with E-state index in [1.807, 2.05) is 0 Å². The lowest BCUT2D eigenvalue weighted by Crippen LogP contribution is -2.21. The number of carbonyl (C=O) groups excluding carboxylic acids is 2. The summed E-state index contributed by atoms with van der Waals surface area (Å²) in [5.41, 5.74) is -0.881. The van der Waals surface area contributed by atoms with Crippen molar-refractivity contribution in [2.75, 3.05) is 10.6 Å². The number of carboxylic acids is 1. The van der Waals surface area contributed by atoms with E-state index >= 15 is 0 Å². The second-order valence-corrected chi connectivity index (χ2v) is 5.24. The van der Waals surface area contributed by atoms with Crippen molar-refractivity contribution in [3.63, 3.8) is 0 Å². The Morgan fingerprint density at radius 3 is 1.96 bits per heavy atom. The van der Waals surface area contributed by atoms with Gasteiger partial charge in [0.25, 0.3) is 0 Å². The minimum atomic E-state index is -4.55. The van der Waals surface area contributed by atoms with Crippen LogP contribution in [0.4, 0.5) is 24.5 Å². The van der Waals surface area contributed by atoms with Crippen molar-refractivity contribution in [2.24, 2.45) is 0 Å². The number of alkyl halides is 3. The average molecular weight is 366 g/mol. The molecule has 6 nitrogen and oxygen atoms in total. The molecule has 3 N–H and O–H groups in total. The van der Waals surface area contributed by atoms with E-state index in [4.69, 9.17) is 5.11 Å². The molecule has 0 radical (unpaired) electrons. The third kappa shape index (κ3) is 5.33. The van der Waals surface area contributed by atoms with Crippen molar-refractivity contribution in [3.8, 4) is 0 Å². The maximum atomic E-state index is 12.6. The normalized spacial score (nSPS) is 10.9. The number of aromatic carboxylic acids is 1. The van der Waals surface area contributed by atoms with Crippen molar-refractivity contribution in [3.05, 3.63) is 59.7 Å². The van der Waals surface area contributed by atoms with Gasteiger partial charge in [-0.3, -0.25) is 9.59 Å². The molecule has 0 aromatic heterocycles. The molecule has 0 atom stereocenters. The molecule has 0 saturated heterocycles. The van der Waals surface area contributed by atoms with E-state index in [-0.39, 0.29) is 16.9 Å². The predicted molar refractivity (Wildman–Crippen MR) is 86.7 cm³/mol. The Morgan fingerprint density at radius 2 is 1.42 bits per heavy atom. The summed E-state index contributed by atoms with van der Waals surface area (Å²) < 4.78 is 37.9. The van der Waals surface area contributed by atoms with Gasteiger partial charge in [0.1, 0.15) is 6.42 Å². The molecule has 2 rings (SSSR count). The van der Waals surface area contributed by atoms with Gasteiger partial charge in [-0.15, -0.1) is 0 Å². The van der Waals surface area contributed by atoms with Crippen LogP contribution in [0.2, 0.25) is 0 Å². The first-order chi connectivity index (χ1) is 12.1. The zero-order chi connectivity index (χ0) is 19.3. The van der Waals surface area contributed by atoms with Gasteiger partial charge >= 0.3 is 12.1 Å². The molecule has 0 unspecified atom stereocenters. The van der Waals surface area contributed by atoms with Crippen LogP contribution in [0.25, 0.3) is 0 Å². The highest BCUT2D eigenvalue weighted by Gasteiger charge is 2.30. The van der Waals surface area contributed by atoms with Crippen LogP contribution in [0.3, 0.4) is 0 Å². The van der Waals surface area contributed by atoms with E-state index in [0.717, 1.165) is 18.2 Å². The van der Waals surface area contributed by atoms with Gasteiger partial charge in [0, 0.05) is 11.4 Å². The van der Waals surface area contributed by atoms with Crippen LogP contribution in [-0.4, -0.2) is 22.9 Å². The van der Waals surface area contributed by atoms with E-state index in [0.29, 0.717) is 0 Å². The zero-order valence-electron chi connectivity index (χ0n) is 13.1. The summed E-state index contributed by atoms with van der Waals surface area (Å²) in [5.74, 6) is -2.73. The van der Waals surface area contributed by atoms with Crippen LogP contribution in [0.15, 0.2) is 48.5 Å². The molecule has 2 aromatic rings. The molecule has 136 valence electrons. The van der Waals surface area contributed by atoms with Crippen molar-refractivity contribution in [2.45, 2.75) is 12.6 Å². The Bertz CT molecular complexity index is 850. The minimum Gasteiger partial charge on any atom is -0.478 e. The van der Waals surface area contributed by atoms with Crippen LogP contribution in [0.1, 0.15) is 22.3 Å². The molecule has 0 fully saturated rings. The fourth-order valence-electron chi connectivity index (χ4n) is 2.06.